The average Bonchev–Trinajstić information content (AvgIpc) is 3.19. The molecule has 2 aromatic heterocycles. The van der Waals surface area contributed by atoms with Crippen molar-refractivity contribution in [1.29, 1.82) is 0 Å². The van der Waals surface area contributed by atoms with Crippen molar-refractivity contribution in [3.63, 3.8) is 0 Å². The first kappa shape index (κ1) is 16.7. The Morgan fingerprint density at radius 2 is 2.17 bits per heavy atom. The predicted molar refractivity (Wildman–Crippen MR) is 78.2 cm³/mol. The lowest BCUT2D eigenvalue weighted by atomic mass is 10.1. The van der Waals surface area contributed by atoms with Gasteiger partial charge in [-0.25, -0.2) is 9.78 Å². The Morgan fingerprint density at radius 3 is 2.87 bits per heavy atom. The van der Waals surface area contributed by atoms with E-state index in [1.54, 1.807) is 17.1 Å². The molecule has 2 heterocycles. The van der Waals surface area contributed by atoms with E-state index >= 15 is 0 Å². The van der Waals surface area contributed by atoms with Gasteiger partial charge >= 0.3 is 11.9 Å². The van der Waals surface area contributed by atoms with Gasteiger partial charge in [-0.2, -0.15) is 0 Å². The molecule has 0 saturated heterocycles. The van der Waals surface area contributed by atoms with Gasteiger partial charge in [0, 0.05) is 25.7 Å². The zero-order valence-electron chi connectivity index (χ0n) is 12.5. The van der Waals surface area contributed by atoms with Gasteiger partial charge in [0.2, 0.25) is 5.27 Å². The Bertz CT molecular complexity index is 742. The molecule has 0 radical (unpaired) electrons. The number of benzene rings is 1. The molecule has 23 heavy (non-hydrogen) atoms. The Morgan fingerprint density at radius 1 is 1.39 bits per heavy atom. The summed E-state index contributed by atoms with van der Waals surface area (Å²) in [6.07, 6.45) is 6.99. The molecule has 0 saturated carbocycles. The van der Waals surface area contributed by atoms with E-state index in [2.05, 4.69) is 27.7 Å². The molecular weight excluding hydrogens is 318 g/mol. The van der Waals surface area contributed by atoms with Crippen molar-refractivity contribution in [3.05, 3.63) is 60.8 Å². The second kappa shape index (κ2) is 7.55. The van der Waals surface area contributed by atoms with Gasteiger partial charge in [0.15, 0.2) is 6.04 Å². The summed E-state index contributed by atoms with van der Waals surface area (Å²) in [5, 5.41) is 6.57. The van der Waals surface area contributed by atoms with E-state index in [1.165, 1.54) is 22.7 Å². The lowest BCUT2D eigenvalue weighted by molar-refractivity contribution is -0.782. The highest BCUT2D eigenvalue weighted by molar-refractivity contribution is 5.89. The van der Waals surface area contributed by atoms with Gasteiger partial charge in [-0.05, 0) is 10.2 Å². The van der Waals surface area contributed by atoms with E-state index in [4.69, 9.17) is 4.52 Å². The Hall–Kier alpha value is -2.67. The fraction of sp³-hybridized carbons (Fsp3) is 0.200. The number of hydrogen-bond donors (Lipinski definition) is 1. The minimum atomic E-state index is -0.350. The van der Waals surface area contributed by atoms with Crippen LogP contribution in [-0.4, -0.2) is 20.9 Å². The van der Waals surface area contributed by atoms with E-state index in [-0.39, 0.29) is 24.5 Å². The van der Waals surface area contributed by atoms with Crippen molar-refractivity contribution < 1.29 is 26.4 Å². The number of rotatable bonds is 4. The molecule has 1 amide bonds. The molecule has 1 atom stereocenters. The van der Waals surface area contributed by atoms with Crippen LogP contribution in [-0.2, 0) is 6.42 Å². The first-order valence-electron chi connectivity index (χ1n) is 6.94. The third-order valence-electron chi connectivity index (χ3n) is 3.28. The van der Waals surface area contributed by atoms with Crippen LogP contribution in [0.2, 0.25) is 0 Å². The number of anilines is 1. The zero-order chi connectivity index (χ0) is 15.4. The predicted octanol–water partition coefficient (Wildman–Crippen LogP) is -0.953. The molecule has 3 rings (SSSR count). The van der Waals surface area contributed by atoms with Crippen molar-refractivity contribution in [3.8, 4) is 0 Å². The summed E-state index contributed by atoms with van der Waals surface area (Å²) in [7, 11) is 0. The number of nitrogens with one attached hydrogen (secondary N) is 1. The van der Waals surface area contributed by atoms with E-state index in [1.807, 2.05) is 25.1 Å². The fourth-order valence-corrected chi connectivity index (χ4v) is 2.12. The fourth-order valence-electron chi connectivity index (χ4n) is 2.12. The van der Waals surface area contributed by atoms with Gasteiger partial charge < -0.3 is 12.4 Å². The lowest BCUT2D eigenvalue weighted by Crippen LogP contribution is -3.00. The van der Waals surface area contributed by atoms with Crippen molar-refractivity contribution in [2.24, 2.45) is 0 Å². The molecule has 3 aromatic rings. The van der Waals surface area contributed by atoms with E-state index in [0.717, 1.165) is 6.42 Å². The number of aromatic nitrogens is 4. The number of hydrogen-bond acceptors (Lipinski definition) is 4. The van der Waals surface area contributed by atoms with Crippen LogP contribution in [0.5, 0.6) is 0 Å². The molecule has 0 aliphatic rings. The second-order valence-corrected chi connectivity index (χ2v) is 4.99. The summed E-state index contributed by atoms with van der Waals surface area (Å²) in [5.41, 5.74) is 1.22. The molecule has 1 aromatic carbocycles. The molecule has 0 fully saturated rings. The highest BCUT2D eigenvalue weighted by Crippen LogP contribution is 2.09. The lowest BCUT2D eigenvalue weighted by Gasteiger charge is -2.01. The summed E-state index contributed by atoms with van der Waals surface area (Å²) >= 11 is 0. The van der Waals surface area contributed by atoms with E-state index in [9.17, 15) is 4.79 Å². The molecule has 0 aliphatic heterocycles. The SMILES string of the molecule is CC(Cc1ccccc1)[n+]1cc(NC(=O)n2ccnc2)on1.[Cl-]. The molecule has 0 bridgehead atoms. The summed E-state index contributed by atoms with van der Waals surface area (Å²) in [6, 6.07) is 9.90. The molecular formula is C15H16ClN5O2. The van der Waals surface area contributed by atoms with E-state index < -0.39 is 0 Å². The molecule has 0 spiro atoms. The number of amides is 1. The Balaban J connectivity index is 0.00000192. The van der Waals surface area contributed by atoms with Crippen LogP contribution in [0.1, 0.15) is 18.5 Å². The van der Waals surface area contributed by atoms with Gasteiger partial charge in [0.05, 0.1) is 0 Å². The number of carbonyl (C=O) groups is 1. The smallest absolute Gasteiger partial charge is 0.333 e. The normalized spacial score (nSPS) is 11.5. The van der Waals surface area contributed by atoms with E-state index in [0.29, 0.717) is 5.88 Å². The zero-order valence-corrected chi connectivity index (χ0v) is 13.2. The third kappa shape index (κ3) is 4.17. The molecule has 1 unspecified atom stereocenters. The van der Waals surface area contributed by atoms with Gasteiger partial charge in [0.1, 0.15) is 6.33 Å². The number of carbonyl (C=O) groups excluding carboxylic acids is 1. The number of imidazole rings is 1. The number of nitrogens with zero attached hydrogens (tertiary/aromatic N) is 4. The molecule has 8 heteroatoms. The standard InChI is InChI=1S/C15H15N5O2.ClH/c1-12(9-13-5-3-2-4-6-13)20-10-14(22-18-20)17-15(21)19-8-7-16-11-19;/h2-8,10-12H,9H2,1H3;1H. The monoisotopic (exact) mass is 333 g/mol. The van der Waals surface area contributed by atoms with Crippen LogP contribution in [0.3, 0.4) is 0 Å². The maximum atomic E-state index is 11.9. The molecule has 7 nitrogen and oxygen atoms in total. The van der Waals surface area contributed by atoms with Gasteiger partial charge in [0.25, 0.3) is 6.20 Å². The van der Waals surface area contributed by atoms with Crippen LogP contribution < -0.4 is 22.4 Å². The van der Waals surface area contributed by atoms with Crippen LogP contribution in [0, 0.1) is 0 Å². The van der Waals surface area contributed by atoms with Crippen molar-refractivity contribution in [2.75, 3.05) is 5.32 Å². The molecule has 120 valence electrons. The summed E-state index contributed by atoms with van der Waals surface area (Å²) in [5.74, 6) is 0.290. The van der Waals surface area contributed by atoms with Gasteiger partial charge in [-0.1, -0.05) is 30.3 Å². The van der Waals surface area contributed by atoms with Crippen LogP contribution in [0.25, 0.3) is 0 Å². The molecule has 1 N–H and O–H groups in total. The molecule has 0 aliphatic carbocycles. The third-order valence-corrected chi connectivity index (χ3v) is 3.28. The van der Waals surface area contributed by atoms with Crippen LogP contribution in [0.15, 0.2) is 59.8 Å². The van der Waals surface area contributed by atoms with Crippen LogP contribution >= 0.6 is 0 Å². The van der Waals surface area contributed by atoms with Gasteiger partial charge in [-0.3, -0.25) is 14.4 Å². The highest BCUT2D eigenvalue weighted by Gasteiger charge is 2.21. The average molecular weight is 334 g/mol. The summed E-state index contributed by atoms with van der Waals surface area (Å²) in [4.78, 5) is 15.7. The second-order valence-electron chi connectivity index (χ2n) is 4.99. The summed E-state index contributed by atoms with van der Waals surface area (Å²) in [6.45, 7) is 2.04. The Labute approximate surface area is 139 Å². The maximum absolute atomic E-state index is 11.9. The number of halogens is 1. The summed E-state index contributed by atoms with van der Waals surface area (Å²) < 4.78 is 8.15. The Kier molecular flexibility index (Phi) is 5.48. The van der Waals surface area contributed by atoms with Crippen molar-refractivity contribution in [1.82, 2.24) is 14.8 Å². The quantitative estimate of drug-likeness (QED) is 0.624. The first-order valence-corrected chi connectivity index (χ1v) is 6.94. The van der Waals surface area contributed by atoms with Crippen LogP contribution in [0.4, 0.5) is 10.7 Å². The topological polar surface area (TPSA) is 76.8 Å². The minimum Gasteiger partial charge on any atom is -1.00 e. The van der Waals surface area contributed by atoms with Crippen molar-refractivity contribution in [2.45, 2.75) is 19.4 Å². The van der Waals surface area contributed by atoms with Crippen molar-refractivity contribution >= 4 is 11.9 Å². The largest absolute Gasteiger partial charge is 1.00 e. The maximum Gasteiger partial charge on any atom is 0.333 e. The van der Waals surface area contributed by atoms with Gasteiger partial charge in [-0.15, -0.1) is 0 Å². The first-order chi connectivity index (χ1) is 10.7. The minimum absolute atomic E-state index is 0. The highest BCUT2D eigenvalue weighted by atomic mass is 35.5.